The van der Waals surface area contributed by atoms with Crippen molar-refractivity contribution >= 4 is 32.8 Å². The molecule has 0 amide bonds. The van der Waals surface area contributed by atoms with Crippen LogP contribution in [0, 0.1) is 0 Å². The Labute approximate surface area is 341 Å². The molecule has 0 aliphatic rings. The normalized spacial score (nSPS) is 11.4. The summed E-state index contributed by atoms with van der Waals surface area (Å²) in [6.45, 7) is 0. The summed E-state index contributed by atoms with van der Waals surface area (Å²) in [5.41, 5.74) is 14.8. The molecule has 5 heteroatoms. The number of aromatic nitrogens is 4. The molecule has 11 aromatic rings. The van der Waals surface area contributed by atoms with Crippen molar-refractivity contribution in [2.24, 2.45) is 0 Å². The van der Waals surface area contributed by atoms with Crippen LogP contribution >= 0.6 is 0 Å². The monoisotopic (exact) mass is 754 g/mol. The second-order valence-corrected chi connectivity index (χ2v) is 14.6. The second kappa shape index (κ2) is 14.5. The Morgan fingerprint density at radius 3 is 1.39 bits per heavy atom. The Morgan fingerprint density at radius 2 is 0.797 bits per heavy atom. The summed E-state index contributed by atoms with van der Waals surface area (Å²) in [7, 11) is 0. The van der Waals surface area contributed by atoms with Crippen LogP contribution in [0.3, 0.4) is 0 Å². The number of rotatable bonds is 7. The van der Waals surface area contributed by atoms with Gasteiger partial charge in [0.15, 0.2) is 11.4 Å². The fourth-order valence-corrected chi connectivity index (χ4v) is 7.93. The van der Waals surface area contributed by atoms with Crippen molar-refractivity contribution in [1.29, 1.82) is 0 Å². The van der Waals surface area contributed by atoms with Gasteiger partial charge >= 0.3 is 0 Å². The molecule has 0 atom stereocenters. The third-order valence-electron chi connectivity index (χ3n) is 11.0. The molecule has 8 aromatic carbocycles. The van der Waals surface area contributed by atoms with Gasteiger partial charge in [0.05, 0.1) is 22.6 Å². The molecule has 59 heavy (non-hydrogen) atoms. The summed E-state index contributed by atoms with van der Waals surface area (Å²) in [5, 5.41) is 3.13. The molecule has 0 saturated carbocycles. The average molecular weight is 755 g/mol. The molecule has 0 spiro atoms. The van der Waals surface area contributed by atoms with Crippen LogP contribution in [0.2, 0.25) is 0 Å². The number of hydrogen-bond acceptors (Lipinski definition) is 5. The molecular formula is C54H34N4O. The number of oxazole rings is 1. The highest BCUT2D eigenvalue weighted by Gasteiger charge is 2.18. The average Bonchev–Trinajstić information content (AvgIpc) is 3.77. The molecule has 0 saturated heterocycles. The van der Waals surface area contributed by atoms with Crippen LogP contribution < -0.4 is 0 Å². The zero-order valence-electron chi connectivity index (χ0n) is 31.8. The van der Waals surface area contributed by atoms with Gasteiger partial charge in [-0.2, -0.15) is 0 Å². The van der Waals surface area contributed by atoms with Crippen molar-refractivity contribution in [1.82, 2.24) is 19.9 Å². The van der Waals surface area contributed by atoms with Crippen molar-refractivity contribution in [2.45, 2.75) is 0 Å². The standard InChI is InChI=1S/C54H34N4O/c1-4-12-35(13-5-1)36-20-26-39(27-21-36)47-34-48(57-53(56-47)42-14-6-2-7-15-42)40-28-22-37(23-29-40)38-24-30-41(31-25-38)51-45-32-33-49-52(50(45)44-18-10-11-19-46(44)55-51)58-54(59-49)43-16-8-3-9-17-43/h1-34H. The van der Waals surface area contributed by atoms with Crippen molar-refractivity contribution in [3.63, 3.8) is 0 Å². The molecule has 5 nitrogen and oxygen atoms in total. The molecule has 0 radical (unpaired) electrons. The van der Waals surface area contributed by atoms with Gasteiger partial charge in [0, 0.05) is 44.0 Å². The molecule has 3 aromatic heterocycles. The van der Waals surface area contributed by atoms with Crippen LogP contribution in [0.25, 0.3) is 112 Å². The Balaban J connectivity index is 0.932. The molecule has 0 N–H and O–H groups in total. The SMILES string of the molecule is c1ccc(-c2ccc(-c3cc(-c4ccc(-c5ccc(-c6nc7ccccc7c7c6ccc6oc(-c8ccccc8)nc67)cc5)cc4)nc(-c4ccccc4)n3)cc2)cc1. The number of fused-ring (bicyclic) bond motifs is 5. The second-order valence-electron chi connectivity index (χ2n) is 14.6. The van der Waals surface area contributed by atoms with Gasteiger partial charge in [0.25, 0.3) is 0 Å². The summed E-state index contributed by atoms with van der Waals surface area (Å²) < 4.78 is 6.29. The van der Waals surface area contributed by atoms with E-state index in [-0.39, 0.29) is 0 Å². The molecule has 0 aliphatic carbocycles. The smallest absolute Gasteiger partial charge is 0.227 e. The lowest BCUT2D eigenvalue weighted by atomic mass is 9.97. The first-order valence-corrected chi connectivity index (χ1v) is 19.7. The zero-order valence-corrected chi connectivity index (χ0v) is 31.8. The van der Waals surface area contributed by atoms with Gasteiger partial charge in [-0.05, 0) is 58.7 Å². The number of para-hydroxylation sites is 1. The Bertz CT molecular complexity index is 3270. The molecule has 276 valence electrons. The van der Waals surface area contributed by atoms with Crippen molar-refractivity contribution < 1.29 is 4.42 Å². The van der Waals surface area contributed by atoms with Gasteiger partial charge in [0.1, 0.15) is 5.52 Å². The quantitative estimate of drug-likeness (QED) is 0.152. The predicted octanol–water partition coefficient (Wildman–Crippen LogP) is 14.0. The van der Waals surface area contributed by atoms with Crippen molar-refractivity contribution in [3.05, 3.63) is 206 Å². The van der Waals surface area contributed by atoms with Gasteiger partial charge in [-0.1, -0.05) is 170 Å². The molecule has 0 fully saturated rings. The van der Waals surface area contributed by atoms with Crippen LogP contribution in [-0.2, 0) is 0 Å². The molecule has 11 rings (SSSR count). The number of pyridine rings is 1. The highest BCUT2D eigenvalue weighted by molar-refractivity contribution is 6.20. The Morgan fingerprint density at radius 1 is 0.322 bits per heavy atom. The zero-order chi connectivity index (χ0) is 39.1. The Hall–Kier alpha value is -8.02. The van der Waals surface area contributed by atoms with E-state index >= 15 is 0 Å². The van der Waals surface area contributed by atoms with Crippen LogP contribution in [0.15, 0.2) is 211 Å². The van der Waals surface area contributed by atoms with E-state index in [1.165, 1.54) is 11.1 Å². The molecule has 0 bridgehead atoms. The van der Waals surface area contributed by atoms with Gasteiger partial charge in [-0.25, -0.2) is 19.9 Å². The van der Waals surface area contributed by atoms with E-state index in [9.17, 15) is 0 Å². The number of nitrogens with zero attached hydrogens (tertiary/aromatic N) is 4. The van der Waals surface area contributed by atoms with E-state index in [1.54, 1.807) is 0 Å². The number of hydrogen-bond donors (Lipinski definition) is 0. The largest absolute Gasteiger partial charge is 0.436 e. The molecule has 0 unspecified atom stereocenters. The van der Waals surface area contributed by atoms with Gasteiger partial charge in [0.2, 0.25) is 5.89 Å². The summed E-state index contributed by atoms with van der Waals surface area (Å²) in [4.78, 5) is 20.3. The first-order chi connectivity index (χ1) is 29.2. The fraction of sp³-hybridized carbons (Fsp3) is 0. The summed E-state index contributed by atoms with van der Waals surface area (Å²) in [6, 6.07) is 71.0. The van der Waals surface area contributed by atoms with Gasteiger partial charge in [-0.3, -0.25) is 0 Å². The maximum Gasteiger partial charge on any atom is 0.227 e. The topological polar surface area (TPSA) is 64.7 Å². The van der Waals surface area contributed by atoms with E-state index in [4.69, 9.17) is 24.4 Å². The maximum atomic E-state index is 6.29. The van der Waals surface area contributed by atoms with E-state index in [2.05, 4.69) is 140 Å². The molecule has 0 aliphatic heterocycles. The van der Waals surface area contributed by atoms with Crippen LogP contribution in [0.4, 0.5) is 0 Å². The summed E-state index contributed by atoms with van der Waals surface area (Å²) in [6.07, 6.45) is 0. The fourth-order valence-electron chi connectivity index (χ4n) is 7.93. The van der Waals surface area contributed by atoms with E-state index < -0.39 is 0 Å². The highest BCUT2D eigenvalue weighted by atomic mass is 16.3. The van der Waals surface area contributed by atoms with Crippen LogP contribution in [0.5, 0.6) is 0 Å². The Kier molecular flexibility index (Phi) is 8.41. The minimum atomic E-state index is 0.608. The molecular weight excluding hydrogens is 721 g/mol. The minimum Gasteiger partial charge on any atom is -0.436 e. The number of benzene rings is 8. The lowest BCUT2D eigenvalue weighted by molar-refractivity contribution is 0.620. The van der Waals surface area contributed by atoms with Crippen molar-refractivity contribution in [2.75, 3.05) is 0 Å². The lowest BCUT2D eigenvalue weighted by Crippen LogP contribution is -1.96. The maximum absolute atomic E-state index is 6.29. The van der Waals surface area contributed by atoms with E-state index in [0.717, 1.165) is 88.8 Å². The third kappa shape index (κ3) is 6.41. The summed E-state index contributed by atoms with van der Waals surface area (Å²) >= 11 is 0. The predicted molar refractivity (Wildman–Crippen MR) is 240 cm³/mol. The molecule has 3 heterocycles. The van der Waals surface area contributed by atoms with Crippen LogP contribution in [0.1, 0.15) is 0 Å². The lowest BCUT2D eigenvalue weighted by Gasteiger charge is -2.12. The van der Waals surface area contributed by atoms with E-state index in [1.807, 2.05) is 66.7 Å². The van der Waals surface area contributed by atoms with Gasteiger partial charge < -0.3 is 4.42 Å². The first kappa shape index (κ1) is 34.2. The highest BCUT2D eigenvalue weighted by Crippen LogP contribution is 2.39. The van der Waals surface area contributed by atoms with Gasteiger partial charge in [-0.15, -0.1) is 0 Å². The minimum absolute atomic E-state index is 0.608. The first-order valence-electron chi connectivity index (χ1n) is 19.7. The summed E-state index contributed by atoms with van der Waals surface area (Å²) in [5.74, 6) is 1.30. The third-order valence-corrected chi connectivity index (χ3v) is 11.0. The van der Waals surface area contributed by atoms with E-state index in [0.29, 0.717) is 11.7 Å². The van der Waals surface area contributed by atoms with Crippen LogP contribution in [-0.4, -0.2) is 19.9 Å². The van der Waals surface area contributed by atoms with Crippen molar-refractivity contribution in [3.8, 4) is 78.9 Å².